The number of benzene rings is 4. The first-order valence-electron chi connectivity index (χ1n) is 14.4. The van der Waals surface area contributed by atoms with Crippen LogP contribution in [0.4, 0.5) is 0 Å². The predicted molar refractivity (Wildman–Crippen MR) is 164 cm³/mol. The van der Waals surface area contributed by atoms with Crippen LogP contribution in [0.25, 0.3) is 0 Å². The van der Waals surface area contributed by atoms with Gasteiger partial charge in [-0.3, -0.25) is 0 Å². The van der Waals surface area contributed by atoms with E-state index in [1.165, 1.54) is 0 Å². The average molecular weight is 571 g/mol. The number of hydrogen-bond acceptors (Lipinski definition) is 6. The molecule has 0 aliphatic heterocycles. The summed E-state index contributed by atoms with van der Waals surface area (Å²) in [5, 5.41) is 0. The van der Waals surface area contributed by atoms with Gasteiger partial charge in [0.1, 0.15) is 12.2 Å². The number of hydrogen-bond donors (Lipinski definition) is 0. The maximum Gasteiger partial charge on any atom is 0.185 e. The molecule has 6 nitrogen and oxygen atoms in total. The van der Waals surface area contributed by atoms with Crippen molar-refractivity contribution in [1.29, 1.82) is 0 Å². The normalized spacial score (nSPS) is 13.6. The Kier molecular flexibility index (Phi) is 13.7. The highest BCUT2D eigenvalue weighted by Crippen LogP contribution is 2.24. The predicted octanol–water partition coefficient (Wildman–Crippen LogP) is 6.97. The molecule has 0 heterocycles. The molecule has 4 aromatic rings. The third-order valence-electron chi connectivity index (χ3n) is 6.96. The smallest absolute Gasteiger partial charge is 0.185 e. The second kappa shape index (κ2) is 18.2. The lowest BCUT2D eigenvalue weighted by molar-refractivity contribution is -0.242. The van der Waals surface area contributed by atoms with Crippen molar-refractivity contribution < 1.29 is 28.4 Å². The summed E-state index contributed by atoms with van der Waals surface area (Å²) in [5.74, 6) is 0. The largest absolute Gasteiger partial charge is 0.377 e. The SMILES string of the molecule is COC(OC)C(OCc1ccccc1)C(OCc1ccccc1)[C@@H](CCOCc1ccccc1)OCc1ccccc1. The van der Waals surface area contributed by atoms with Crippen LogP contribution in [0.1, 0.15) is 28.7 Å². The van der Waals surface area contributed by atoms with Crippen LogP contribution < -0.4 is 0 Å². The van der Waals surface area contributed by atoms with E-state index in [1.807, 2.05) is 97.1 Å². The van der Waals surface area contributed by atoms with Gasteiger partial charge in [-0.2, -0.15) is 0 Å². The molecule has 222 valence electrons. The molecule has 0 radical (unpaired) electrons. The molecular weight excluding hydrogens is 528 g/mol. The molecule has 0 amide bonds. The van der Waals surface area contributed by atoms with Crippen LogP contribution in [0.2, 0.25) is 0 Å². The van der Waals surface area contributed by atoms with E-state index < -0.39 is 18.5 Å². The van der Waals surface area contributed by atoms with Crippen molar-refractivity contribution in [2.45, 2.75) is 57.5 Å². The summed E-state index contributed by atoms with van der Waals surface area (Å²) in [6.45, 7) is 2.18. The summed E-state index contributed by atoms with van der Waals surface area (Å²) in [5.41, 5.74) is 4.30. The molecule has 0 fully saturated rings. The first kappa shape index (κ1) is 31.6. The lowest BCUT2D eigenvalue weighted by Crippen LogP contribution is -2.50. The first-order valence-corrected chi connectivity index (χ1v) is 14.4. The van der Waals surface area contributed by atoms with Crippen LogP contribution in [0.15, 0.2) is 121 Å². The second-order valence-corrected chi connectivity index (χ2v) is 10.0. The van der Waals surface area contributed by atoms with Crippen molar-refractivity contribution >= 4 is 0 Å². The molecular formula is C36H42O6. The van der Waals surface area contributed by atoms with Crippen molar-refractivity contribution in [1.82, 2.24) is 0 Å². The standard InChI is InChI=1S/C36H42O6/c1-37-36(38-2)35(42-28-32-21-13-6-14-22-32)34(41-27-31-19-11-5-12-20-31)33(40-26-30-17-9-4-10-18-30)23-24-39-25-29-15-7-3-8-16-29/h3-22,33-36H,23-28H2,1-2H3/t33-,34?,35?/m1/s1. The van der Waals surface area contributed by atoms with Crippen LogP contribution >= 0.6 is 0 Å². The van der Waals surface area contributed by atoms with E-state index in [4.69, 9.17) is 28.4 Å². The molecule has 0 saturated carbocycles. The molecule has 2 unspecified atom stereocenters. The van der Waals surface area contributed by atoms with Crippen molar-refractivity contribution in [2.24, 2.45) is 0 Å². The lowest BCUT2D eigenvalue weighted by atomic mass is 10.0. The molecule has 42 heavy (non-hydrogen) atoms. The Bertz CT molecular complexity index is 1220. The fraction of sp³-hybridized carbons (Fsp3) is 0.333. The molecule has 0 bridgehead atoms. The van der Waals surface area contributed by atoms with Crippen LogP contribution in [-0.2, 0) is 54.8 Å². The maximum atomic E-state index is 6.66. The fourth-order valence-corrected chi connectivity index (χ4v) is 4.72. The highest BCUT2D eigenvalue weighted by atomic mass is 16.7. The van der Waals surface area contributed by atoms with E-state index in [1.54, 1.807) is 14.2 Å². The van der Waals surface area contributed by atoms with Crippen LogP contribution in [0.3, 0.4) is 0 Å². The molecule has 0 aliphatic rings. The second-order valence-electron chi connectivity index (χ2n) is 10.0. The molecule has 0 saturated heterocycles. The Morgan fingerprint density at radius 1 is 0.452 bits per heavy atom. The Morgan fingerprint density at radius 3 is 1.26 bits per heavy atom. The maximum absolute atomic E-state index is 6.66. The number of ether oxygens (including phenoxy) is 6. The summed E-state index contributed by atoms with van der Waals surface area (Å²) in [7, 11) is 3.23. The van der Waals surface area contributed by atoms with Crippen molar-refractivity contribution in [3.8, 4) is 0 Å². The molecule has 0 spiro atoms. The molecule has 0 N–H and O–H groups in total. The van der Waals surface area contributed by atoms with Gasteiger partial charge in [0.15, 0.2) is 6.29 Å². The highest BCUT2D eigenvalue weighted by molar-refractivity contribution is 5.16. The Balaban J connectivity index is 1.57. The van der Waals surface area contributed by atoms with Crippen molar-refractivity contribution in [2.75, 3.05) is 20.8 Å². The van der Waals surface area contributed by atoms with Gasteiger partial charge in [-0.15, -0.1) is 0 Å². The quantitative estimate of drug-likeness (QED) is 0.0897. The summed E-state index contributed by atoms with van der Waals surface area (Å²) < 4.78 is 37.4. The summed E-state index contributed by atoms with van der Waals surface area (Å²) in [4.78, 5) is 0. The van der Waals surface area contributed by atoms with Gasteiger partial charge in [-0.25, -0.2) is 0 Å². The van der Waals surface area contributed by atoms with E-state index in [9.17, 15) is 0 Å². The van der Waals surface area contributed by atoms with Gasteiger partial charge in [-0.05, 0) is 28.7 Å². The molecule has 0 aromatic heterocycles. The molecule has 6 heteroatoms. The van der Waals surface area contributed by atoms with E-state index in [0.29, 0.717) is 39.5 Å². The summed E-state index contributed by atoms with van der Waals surface area (Å²) in [6, 6.07) is 40.4. The van der Waals surface area contributed by atoms with Crippen molar-refractivity contribution in [3.63, 3.8) is 0 Å². The lowest BCUT2D eigenvalue weighted by Gasteiger charge is -2.36. The average Bonchev–Trinajstić information content (AvgIpc) is 3.06. The third kappa shape index (κ3) is 10.5. The van der Waals surface area contributed by atoms with E-state index in [0.717, 1.165) is 22.3 Å². The first-order chi connectivity index (χ1) is 20.8. The van der Waals surface area contributed by atoms with Gasteiger partial charge in [0, 0.05) is 20.8 Å². The molecule has 4 rings (SSSR count). The molecule has 0 aliphatic carbocycles. The molecule has 4 aromatic carbocycles. The van der Waals surface area contributed by atoms with Gasteiger partial charge in [-0.1, -0.05) is 121 Å². The van der Waals surface area contributed by atoms with Crippen molar-refractivity contribution in [3.05, 3.63) is 144 Å². The van der Waals surface area contributed by atoms with E-state index in [-0.39, 0.29) is 6.10 Å². The summed E-state index contributed by atoms with van der Waals surface area (Å²) in [6.07, 6.45) is -1.58. The minimum absolute atomic E-state index is 0.371. The number of methoxy groups -OCH3 is 2. The van der Waals surface area contributed by atoms with E-state index in [2.05, 4.69) is 24.3 Å². The third-order valence-corrected chi connectivity index (χ3v) is 6.96. The van der Waals surface area contributed by atoms with Crippen LogP contribution in [-0.4, -0.2) is 45.4 Å². The summed E-state index contributed by atoms with van der Waals surface area (Å²) >= 11 is 0. The van der Waals surface area contributed by atoms with E-state index >= 15 is 0 Å². The Hall–Kier alpha value is -3.36. The fourth-order valence-electron chi connectivity index (χ4n) is 4.72. The Labute approximate surface area is 250 Å². The zero-order chi connectivity index (χ0) is 29.2. The van der Waals surface area contributed by atoms with Gasteiger partial charge in [0.05, 0.1) is 32.5 Å². The zero-order valence-electron chi connectivity index (χ0n) is 24.5. The minimum Gasteiger partial charge on any atom is -0.377 e. The highest BCUT2D eigenvalue weighted by Gasteiger charge is 2.38. The topological polar surface area (TPSA) is 55.4 Å². The number of rotatable bonds is 19. The van der Waals surface area contributed by atoms with Gasteiger partial charge in [0.25, 0.3) is 0 Å². The Morgan fingerprint density at radius 2 is 0.833 bits per heavy atom. The van der Waals surface area contributed by atoms with Gasteiger partial charge >= 0.3 is 0 Å². The van der Waals surface area contributed by atoms with Gasteiger partial charge < -0.3 is 28.4 Å². The van der Waals surface area contributed by atoms with Crippen LogP contribution in [0, 0.1) is 0 Å². The minimum atomic E-state index is -0.678. The van der Waals surface area contributed by atoms with Gasteiger partial charge in [0.2, 0.25) is 0 Å². The van der Waals surface area contributed by atoms with Crippen LogP contribution in [0.5, 0.6) is 0 Å². The monoisotopic (exact) mass is 570 g/mol. The molecule has 3 atom stereocenters. The zero-order valence-corrected chi connectivity index (χ0v) is 24.5.